The minimum absolute atomic E-state index is 0.0154. The maximum Gasteiger partial charge on any atom is 0.126 e. The van der Waals surface area contributed by atoms with Crippen LogP contribution >= 0.6 is 11.6 Å². The molecule has 1 N–H and O–H groups in total. The van der Waals surface area contributed by atoms with Crippen molar-refractivity contribution in [3.05, 3.63) is 58.3 Å². The van der Waals surface area contributed by atoms with Crippen LogP contribution < -0.4 is 5.32 Å². The standard InChI is InChI=1S/C15H17ClFNO/c1-3-15-12(6-7-19-15)14(18-2)9-10-8-11(16)4-5-13(10)17/h4-8,14,18H,3,9H2,1-2H3. The Kier molecular flexibility index (Phi) is 4.61. The van der Waals surface area contributed by atoms with Gasteiger partial charge in [-0.15, -0.1) is 0 Å². The quantitative estimate of drug-likeness (QED) is 0.891. The molecule has 1 unspecified atom stereocenters. The smallest absolute Gasteiger partial charge is 0.126 e. The van der Waals surface area contributed by atoms with E-state index in [9.17, 15) is 4.39 Å². The molecule has 0 saturated carbocycles. The molecule has 0 aliphatic heterocycles. The number of aryl methyl sites for hydroxylation is 1. The Morgan fingerprint density at radius 1 is 1.37 bits per heavy atom. The molecule has 1 aromatic heterocycles. The number of rotatable bonds is 5. The summed E-state index contributed by atoms with van der Waals surface area (Å²) in [5.74, 6) is 0.702. The van der Waals surface area contributed by atoms with Gasteiger partial charge in [0.25, 0.3) is 0 Å². The summed E-state index contributed by atoms with van der Waals surface area (Å²) < 4.78 is 19.2. The number of hydrogen-bond donors (Lipinski definition) is 1. The zero-order valence-corrected chi connectivity index (χ0v) is 11.8. The molecule has 2 nitrogen and oxygen atoms in total. The predicted molar refractivity (Wildman–Crippen MR) is 75.0 cm³/mol. The van der Waals surface area contributed by atoms with E-state index in [4.69, 9.17) is 16.0 Å². The fourth-order valence-corrected chi connectivity index (χ4v) is 2.43. The molecule has 0 radical (unpaired) electrons. The highest BCUT2D eigenvalue weighted by molar-refractivity contribution is 6.30. The van der Waals surface area contributed by atoms with Gasteiger partial charge in [0.1, 0.15) is 11.6 Å². The van der Waals surface area contributed by atoms with Crippen LogP contribution in [-0.4, -0.2) is 7.05 Å². The first kappa shape index (κ1) is 14.1. The Labute approximate surface area is 117 Å². The average molecular weight is 282 g/mol. The van der Waals surface area contributed by atoms with Crippen molar-refractivity contribution < 1.29 is 8.81 Å². The molecule has 1 heterocycles. The number of benzene rings is 1. The van der Waals surface area contributed by atoms with Crippen molar-refractivity contribution in [3.63, 3.8) is 0 Å². The van der Waals surface area contributed by atoms with Gasteiger partial charge in [0.2, 0.25) is 0 Å². The maximum absolute atomic E-state index is 13.8. The molecule has 1 atom stereocenters. The molecular weight excluding hydrogens is 265 g/mol. The van der Waals surface area contributed by atoms with Gasteiger partial charge >= 0.3 is 0 Å². The lowest BCUT2D eigenvalue weighted by molar-refractivity contribution is 0.492. The van der Waals surface area contributed by atoms with Gasteiger partial charge in [0.05, 0.1) is 6.26 Å². The van der Waals surface area contributed by atoms with E-state index in [1.807, 2.05) is 20.0 Å². The number of furan rings is 1. The Morgan fingerprint density at radius 2 is 2.16 bits per heavy atom. The van der Waals surface area contributed by atoms with Crippen LogP contribution in [0.3, 0.4) is 0 Å². The predicted octanol–water partition coefficient (Wildman–Crippen LogP) is 4.14. The monoisotopic (exact) mass is 281 g/mol. The second-order valence-corrected chi connectivity index (χ2v) is 4.87. The molecule has 102 valence electrons. The summed E-state index contributed by atoms with van der Waals surface area (Å²) in [5.41, 5.74) is 1.68. The first-order valence-electron chi connectivity index (χ1n) is 6.33. The zero-order valence-electron chi connectivity index (χ0n) is 11.0. The van der Waals surface area contributed by atoms with Crippen LogP contribution in [-0.2, 0) is 12.8 Å². The minimum atomic E-state index is -0.230. The van der Waals surface area contributed by atoms with Crippen molar-refractivity contribution in [2.45, 2.75) is 25.8 Å². The van der Waals surface area contributed by atoms with Crippen molar-refractivity contribution in [1.82, 2.24) is 5.32 Å². The summed E-state index contributed by atoms with van der Waals surface area (Å²) >= 11 is 5.92. The lowest BCUT2D eigenvalue weighted by Crippen LogP contribution is -2.20. The first-order chi connectivity index (χ1) is 9.15. The molecule has 0 bridgehead atoms. The summed E-state index contributed by atoms with van der Waals surface area (Å²) in [5, 5.41) is 3.75. The largest absolute Gasteiger partial charge is 0.469 e. The Balaban J connectivity index is 2.26. The maximum atomic E-state index is 13.8. The molecule has 0 aliphatic carbocycles. The van der Waals surface area contributed by atoms with Crippen LogP contribution in [0.25, 0.3) is 0 Å². The van der Waals surface area contributed by atoms with Crippen molar-refractivity contribution in [1.29, 1.82) is 0 Å². The van der Waals surface area contributed by atoms with Crippen LogP contribution in [0.5, 0.6) is 0 Å². The molecule has 0 spiro atoms. The highest BCUT2D eigenvalue weighted by Crippen LogP contribution is 2.25. The van der Waals surface area contributed by atoms with E-state index >= 15 is 0 Å². The van der Waals surface area contributed by atoms with Gasteiger partial charge in [-0.25, -0.2) is 4.39 Å². The SMILES string of the molecule is CCc1occc1C(Cc1cc(Cl)ccc1F)NC. The third kappa shape index (κ3) is 3.17. The topological polar surface area (TPSA) is 25.2 Å². The van der Waals surface area contributed by atoms with Gasteiger partial charge in [-0.05, 0) is 43.3 Å². The molecule has 19 heavy (non-hydrogen) atoms. The van der Waals surface area contributed by atoms with Gasteiger partial charge in [-0.1, -0.05) is 18.5 Å². The highest BCUT2D eigenvalue weighted by Gasteiger charge is 2.17. The third-order valence-corrected chi connectivity index (χ3v) is 3.49. The number of likely N-dealkylation sites (N-methyl/N-ethyl adjacent to an activating group) is 1. The molecule has 0 saturated heterocycles. The Hall–Kier alpha value is -1.32. The van der Waals surface area contributed by atoms with Crippen molar-refractivity contribution in [3.8, 4) is 0 Å². The van der Waals surface area contributed by atoms with Gasteiger partial charge < -0.3 is 9.73 Å². The van der Waals surface area contributed by atoms with Crippen LogP contribution in [0.4, 0.5) is 4.39 Å². The Bertz CT molecular complexity index is 553. The summed E-state index contributed by atoms with van der Waals surface area (Å²) in [6.45, 7) is 2.04. The number of halogens is 2. The van der Waals surface area contributed by atoms with Gasteiger partial charge in [-0.2, -0.15) is 0 Å². The second-order valence-electron chi connectivity index (χ2n) is 4.43. The summed E-state index contributed by atoms with van der Waals surface area (Å²) in [6.07, 6.45) is 3.03. The molecular formula is C15H17ClFNO. The van der Waals surface area contributed by atoms with Crippen molar-refractivity contribution in [2.24, 2.45) is 0 Å². The first-order valence-corrected chi connectivity index (χ1v) is 6.71. The van der Waals surface area contributed by atoms with Crippen LogP contribution in [0.2, 0.25) is 5.02 Å². The van der Waals surface area contributed by atoms with E-state index in [0.29, 0.717) is 17.0 Å². The molecule has 2 aromatic rings. The highest BCUT2D eigenvalue weighted by atomic mass is 35.5. The lowest BCUT2D eigenvalue weighted by atomic mass is 9.98. The lowest BCUT2D eigenvalue weighted by Gasteiger charge is -2.17. The van der Waals surface area contributed by atoms with Crippen LogP contribution in [0.15, 0.2) is 34.9 Å². The van der Waals surface area contributed by atoms with Gasteiger partial charge in [0.15, 0.2) is 0 Å². The molecule has 0 fully saturated rings. The molecule has 0 aliphatic rings. The average Bonchev–Trinajstić information content (AvgIpc) is 2.88. The third-order valence-electron chi connectivity index (χ3n) is 3.26. The minimum Gasteiger partial charge on any atom is -0.469 e. The normalized spacial score (nSPS) is 12.6. The fourth-order valence-electron chi connectivity index (χ4n) is 2.24. The number of nitrogens with one attached hydrogen (secondary N) is 1. The van der Waals surface area contributed by atoms with Crippen molar-refractivity contribution in [2.75, 3.05) is 7.05 Å². The summed E-state index contributed by atoms with van der Waals surface area (Å²) in [4.78, 5) is 0. The summed E-state index contributed by atoms with van der Waals surface area (Å²) in [7, 11) is 1.86. The van der Waals surface area contributed by atoms with E-state index in [0.717, 1.165) is 17.7 Å². The molecule has 0 amide bonds. The number of hydrogen-bond acceptors (Lipinski definition) is 2. The second kappa shape index (κ2) is 6.22. The zero-order chi connectivity index (χ0) is 13.8. The van der Waals surface area contributed by atoms with E-state index in [2.05, 4.69) is 5.32 Å². The summed E-state index contributed by atoms with van der Waals surface area (Å²) in [6, 6.07) is 6.58. The van der Waals surface area contributed by atoms with Crippen LogP contribution in [0, 0.1) is 5.82 Å². The van der Waals surface area contributed by atoms with E-state index in [1.54, 1.807) is 18.4 Å². The van der Waals surface area contributed by atoms with Gasteiger partial charge in [0, 0.05) is 23.0 Å². The van der Waals surface area contributed by atoms with Crippen molar-refractivity contribution >= 4 is 11.6 Å². The molecule has 2 rings (SSSR count). The van der Waals surface area contributed by atoms with E-state index in [1.165, 1.54) is 6.07 Å². The van der Waals surface area contributed by atoms with E-state index in [-0.39, 0.29) is 11.9 Å². The molecule has 4 heteroatoms. The Morgan fingerprint density at radius 3 is 2.84 bits per heavy atom. The van der Waals surface area contributed by atoms with E-state index < -0.39 is 0 Å². The van der Waals surface area contributed by atoms with Crippen LogP contribution in [0.1, 0.15) is 29.9 Å². The van der Waals surface area contributed by atoms with Gasteiger partial charge in [-0.3, -0.25) is 0 Å². The fraction of sp³-hybridized carbons (Fsp3) is 0.333. The molecule has 1 aromatic carbocycles.